The summed E-state index contributed by atoms with van der Waals surface area (Å²) in [7, 11) is 1.72. The SMILES string of the molecule is COCC(C)/C=C/CCN. The van der Waals surface area contributed by atoms with Gasteiger partial charge in [-0.25, -0.2) is 0 Å². The zero-order valence-electron chi connectivity index (χ0n) is 6.84. The van der Waals surface area contributed by atoms with Crippen molar-refractivity contribution in [2.24, 2.45) is 11.7 Å². The molecule has 0 heterocycles. The van der Waals surface area contributed by atoms with Gasteiger partial charge in [-0.05, 0) is 18.9 Å². The van der Waals surface area contributed by atoms with Crippen molar-refractivity contribution in [3.05, 3.63) is 12.2 Å². The molecule has 0 bridgehead atoms. The number of methoxy groups -OCH3 is 1. The number of rotatable bonds is 5. The maximum absolute atomic E-state index is 5.31. The van der Waals surface area contributed by atoms with E-state index >= 15 is 0 Å². The van der Waals surface area contributed by atoms with Crippen LogP contribution in [0.15, 0.2) is 12.2 Å². The van der Waals surface area contributed by atoms with Gasteiger partial charge in [-0.1, -0.05) is 19.1 Å². The van der Waals surface area contributed by atoms with Crippen molar-refractivity contribution in [2.45, 2.75) is 13.3 Å². The minimum absolute atomic E-state index is 0.511. The Hall–Kier alpha value is -0.340. The van der Waals surface area contributed by atoms with E-state index in [2.05, 4.69) is 19.1 Å². The molecule has 0 aromatic carbocycles. The normalized spacial score (nSPS) is 14.3. The molecule has 0 aromatic rings. The summed E-state index contributed by atoms with van der Waals surface area (Å²) in [5.74, 6) is 0.511. The van der Waals surface area contributed by atoms with E-state index in [-0.39, 0.29) is 0 Å². The molecule has 0 radical (unpaired) electrons. The van der Waals surface area contributed by atoms with Crippen molar-refractivity contribution >= 4 is 0 Å². The van der Waals surface area contributed by atoms with Crippen LogP contribution in [0.3, 0.4) is 0 Å². The summed E-state index contributed by atoms with van der Waals surface area (Å²) in [6, 6.07) is 0. The zero-order valence-corrected chi connectivity index (χ0v) is 6.84. The van der Waals surface area contributed by atoms with Crippen LogP contribution in [0.25, 0.3) is 0 Å². The van der Waals surface area contributed by atoms with Crippen LogP contribution in [0.4, 0.5) is 0 Å². The second-order valence-corrected chi connectivity index (χ2v) is 2.44. The Morgan fingerprint density at radius 2 is 2.30 bits per heavy atom. The third-order valence-electron chi connectivity index (χ3n) is 1.23. The maximum atomic E-state index is 5.31. The van der Waals surface area contributed by atoms with Crippen molar-refractivity contribution < 1.29 is 4.74 Å². The smallest absolute Gasteiger partial charge is 0.0522 e. The van der Waals surface area contributed by atoms with Gasteiger partial charge in [0.15, 0.2) is 0 Å². The van der Waals surface area contributed by atoms with E-state index in [9.17, 15) is 0 Å². The Morgan fingerprint density at radius 1 is 1.60 bits per heavy atom. The van der Waals surface area contributed by atoms with E-state index in [1.54, 1.807) is 7.11 Å². The molecule has 0 amide bonds. The molecule has 1 unspecified atom stereocenters. The molecule has 0 saturated heterocycles. The first-order chi connectivity index (χ1) is 4.81. The highest BCUT2D eigenvalue weighted by molar-refractivity contribution is 4.86. The first-order valence-electron chi connectivity index (χ1n) is 3.67. The van der Waals surface area contributed by atoms with Gasteiger partial charge in [-0.2, -0.15) is 0 Å². The fraction of sp³-hybridized carbons (Fsp3) is 0.750. The van der Waals surface area contributed by atoms with Crippen molar-refractivity contribution in [1.29, 1.82) is 0 Å². The summed E-state index contributed by atoms with van der Waals surface area (Å²) in [6.07, 6.45) is 5.20. The van der Waals surface area contributed by atoms with Gasteiger partial charge >= 0.3 is 0 Å². The predicted molar refractivity (Wildman–Crippen MR) is 43.9 cm³/mol. The van der Waals surface area contributed by atoms with Crippen LogP contribution in [0, 0.1) is 5.92 Å². The van der Waals surface area contributed by atoms with E-state index < -0.39 is 0 Å². The Labute approximate surface area is 63.1 Å². The van der Waals surface area contributed by atoms with E-state index in [4.69, 9.17) is 10.5 Å². The largest absolute Gasteiger partial charge is 0.384 e. The summed E-state index contributed by atoms with van der Waals surface area (Å²) >= 11 is 0. The second-order valence-electron chi connectivity index (χ2n) is 2.44. The van der Waals surface area contributed by atoms with E-state index in [1.165, 1.54) is 0 Å². The quantitative estimate of drug-likeness (QED) is 0.586. The Kier molecular flexibility index (Phi) is 6.55. The molecule has 10 heavy (non-hydrogen) atoms. The van der Waals surface area contributed by atoms with Gasteiger partial charge < -0.3 is 10.5 Å². The van der Waals surface area contributed by atoms with Crippen LogP contribution >= 0.6 is 0 Å². The predicted octanol–water partition coefficient (Wildman–Crippen LogP) is 1.17. The zero-order chi connectivity index (χ0) is 7.82. The lowest BCUT2D eigenvalue weighted by molar-refractivity contribution is 0.176. The molecule has 0 aliphatic rings. The summed E-state index contributed by atoms with van der Waals surface area (Å²) in [5, 5.41) is 0. The van der Waals surface area contributed by atoms with Crippen LogP contribution < -0.4 is 5.73 Å². The molecule has 2 N–H and O–H groups in total. The topological polar surface area (TPSA) is 35.2 Å². The number of nitrogens with two attached hydrogens (primary N) is 1. The minimum Gasteiger partial charge on any atom is -0.384 e. The molecule has 2 heteroatoms. The Morgan fingerprint density at radius 3 is 2.80 bits per heavy atom. The monoisotopic (exact) mass is 143 g/mol. The van der Waals surface area contributed by atoms with E-state index in [0.717, 1.165) is 19.6 Å². The highest BCUT2D eigenvalue weighted by Crippen LogP contribution is 1.97. The summed E-state index contributed by atoms with van der Waals surface area (Å²) in [6.45, 7) is 3.65. The fourth-order valence-electron chi connectivity index (χ4n) is 0.743. The summed E-state index contributed by atoms with van der Waals surface area (Å²) in [5.41, 5.74) is 5.31. The first-order valence-corrected chi connectivity index (χ1v) is 3.67. The number of ether oxygens (including phenoxy) is 1. The van der Waals surface area contributed by atoms with Crippen molar-refractivity contribution in [3.63, 3.8) is 0 Å². The van der Waals surface area contributed by atoms with Gasteiger partial charge in [0.25, 0.3) is 0 Å². The van der Waals surface area contributed by atoms with E-state index in [0.29, 0.717) is 5.92 Å². The molecule has 2 nitrogen and oxygen atoms in total. The fourth-order valence-corrected chi connectivity index (χ4v) is 0.743. The molecule has 0 spiro atoms. The molecule has 0 aromatic heterocycles. The van der Waals surface area contributed by atoms with Gasteiger partial charge in [-0.15, -0.1) is 0 Å². The lowest BCUT2D eigenvalue weighted by atomic mass is 10.2. The molecule has 0 aliphatic carbocycles. The molecular formula is C8H17NO. The molecule has 1 atom stereocenters. The Balaban J connectivity index is 3.26. The van der Waals surface area contributed by atoms with Gasteiger partial charge in [0, 0.05) is 7.11 Å². The highest BCUT2D eigenvalue weighted by atomic mass is 16.5. The lowest BCUT2D eigenvalue weighted by Gasteiger charge is -2.02. The van der Waals surface area contributed by atoms with E-state index in [1.807, 2.05) is 0 Å². The second kappa shape index (κ2) is 6.78. The number of hydrogen-bond donors (Lipinski definition) is 1. The van der Waals surface area contributed by atoms with Crippen molar-refractivity contribution in [1.82, 2.24) is 0 Å². The molecule has 0 saturated carbocycles. The number of hydrogen-bond acceptors (Lipinski definition) is 2. The third-order valence-corrected chi connectivity index (χ3v) is 1.23. The van der Waals surface area contributed by atoms with Crippen molar-refractivity contribution in [2.75, 3.05) is 20.3 Å². The van der Waals surface area contributed by atoms with Crippen molar-refractivity contribution in [3.8, 4) is 0 Å². The van der Waals surface area contributed by atoms with Crippen LogP contribution in [-0.4, -0.2) is 20.3 Å². The molecule has 0 fully saturated rings. The van der Waals surface area contributed by atoms with Gasteiger partial charge in [0.2, 0.25) is 0 Å². The molecular weight excluding hydrogens is 126 g/mol. The first kappa shape index (κ1) is 9.66. The average molecular weight is 143 g/mol. The highest BCUT2D eigenvalue weighted by Gasteiger charge is 1.92. The van der Waals surface area contributed by atoms with Crippen LogP contribution in [-0.2, 0) is 4.74 Å². The average Bonchev–Trinajstić information content (AvgIpc) is 1.89. The molecule has 60 valence electrons. The molecule has 0 rings (SSSR count). The van der Waals surface area contributed by atoms with Gasteiger partial charge in [0.1, 0.15) is 0 Å². The lowest BCUT2D eigenvalue weighted by Crippen LogP contribution is -2.00. The van der Waals surface area contributed by atoms with Crippen LogP contribution in [0.5, 0.6) is 0 Å². The summed E-state index contributed by atoms with van der Waals surface area (Å²) in [4.78, 5) is 0. The molecule has 0 aliphatic heterocycles. The Bertz CT molecular complexity index is 91.3. The van der Waals surface area contributed by atoms with Gasteiger partial charge in [-0.3, -0.25) is 0 Å². The van der Waals surface area contributed by atoms with Crippen LogP contribution in [0.1, 0.15) is 13.3 Å². The maximum Gasteiger partial charge on any atom is 0.0522 e. The van der Waals surface area contributed by atoms with Crippen LogP contribution in [0.2, 0.25) is 0 Å². The summed E-state index contributed by atoms with van der Waals surface area (Å²) < 4.78 is 4.95. The van der Waals surface area contributed by atoms with Gasteiger partial charge in [0.05, 0.1) is 6.61 Å². The minimum atomic E-state index is 0.511. The third kappa shape index (κ3) is 5.79. The standard InChI is InChI=1S/C8H17NO/c1-8(7-10-2)5-3-4-6-9/h3,5,8H,4,6-7,9H2,1-2H3/b5-3+.